The first kappa shape index (κ1) is 14.5. The number of hydrogen-bond donors (Lipinski definition) is 1. The lowest BCUT2D eigenvalue weighted by atomic mass is 9.48. The molecule has 0 aromatic carbocycles. The molecule has 4 aliphatic carbocycles. The fraction of sp³-hybridized carbons (Fsp3) is 1.00. The number of aliphatic hydroxyl groups excluding tert-OH is 1. The van der Waals surface area contributed by atoms with Gasteiger partial charge in [-0.25, -0.2) is 0 Å². The van der Waals surface area contributed by atoms with Gasteiger partial charge in [-0.2, -0.15) is 0 Å². The van der Waals surface area contributed by atoms with Crippen molar-refractivity contribution in [2.45, 2.75) is 70.1 Å². The highest BCUT2D eigenvalue weighted by molar-refractivity contribution is 5.05. The third-order valence-electron chi connectivity index (χ3n) is 7.16. The monoisotopic (exact) mass is 293 g/mol. The van der Waals surface area contributed by atoms with Crippen LogP contribution in [0.2, 0.25) is 0 Å². The zero-order valence-corrected chi connectivity index (χ0v) is 13.6. The van der Waals surface area contributed by atoms with Gasteiger partial charge in [-0.15, -0.1) is 0 Å². The van der Waals surface area contributed by atoms with Crippen LogP contribution < -0.4 is 0 Å². The van der Waals surface area contributed by atoms with Gasteiger partial charge in [0.05, 0.1) is 12.2 Å². The molecule has 5 rings (SSSR count). The number of ether oxygens (including phenoxy) is 1. The van der Waals surface area contributed by atoms with Crippen LogP contribution in [0.1, 0.15) is 51.9 Å². The highest BCUT2D eigenvalue weighted by Gasteiger charge is 2.54. The van der Waals surface area contributed by atoms with Crippen LogP contribution in [0.25, 0.3) is 0 Å². The smallest absolute Gasteiger partial charge is 0.0723 e. The normalized spacial score (nSPS) is 50.0. The maximum absolute atomic E-state index is 11.0. The van der Waals surface area contributed by atoms with Gasteiger partial charge in [0.15, 0.2) is 0 Å². The molecule has 0 aromatic heterocycles. The standard InChI is InChI=1S/C18H31NO2/c1-12-16(3-4-21-12)19(2)11-17(20)18-8-13-5-14(9-18)7-15(6-13)10-18/h12-17,20H,3-11H2,1-2H3. The lowest BCUT2D eigenvalue weighted by Crippen LogP contribution is -2.55. The third-order valence-corrected chi connectivity index (χ3v) is 7.16. The Labute approximate surface area is 129 Å². The summed E-state index contributed by atoms with van der Waals surface area (Å²) < 4.78 is 5.69. The van der Waals surface area contributed by atoms with Crippen LogP contribution in [-0.2, 0) is 4.74 Å². The predicted octanol–water partition coefficient (Wildman–Crippen LogP) is 2.67. The topological polar surface area (TPSA) is 32.7 Å². The highest BCUT2D eigenvalue weighted by atomic mass is 16.5. The van der Waals surface area contributed by atoms with Gasteiger partial charge in [-0.3, -0.25) is 4.90 Å². The predicted molar refractivity (Wildman–Crippen MR) is 83.1 cm³/mol. The molecule has 0 aromatic rings. The van der Waals surface area contributed by atoms with E-state index in [1.54, 1.807) is 0 Å². The summed E-state index contributed by atoms with van der Waals surface area (Å²) in [5, 5.41) is 11.0. The minimum Gasteiger partial charge on any atom is -0.391 e. The van der Waals surface area contributed by atoms with E-state index in [0.717, 1.165) is 37.3 Å². The van der Waals surface area contributed by atoms with Crippen LogP contribution in [0, 0.1) is 23.2 Å². The van der Waals surface area contributed by atoms with E-state index < -0.39 is 0 Å². The van der Waals surface area contributed by atoms with Gasteiger partial charge in [-0.05, 0) is 82.1 Å². The molecule has 120 valence electrons. The molecule has 1 heterocycles. The quantitative estimate of drug-likeness (QED) is 0.865. The van der Waals surface area contributed by atoms with Crippen LogP contribution in [0.5, 0.6) is 0 Å². The molecule has 3 atom stereocenters. The molecule has 1 N–H and O–H groups in total. The first-order chi connectivity index (χ1) is 10.1. The van der Waals surface area contributed by atoms with Gasteiger partial charge in [0.2, 0.25) is 0 Å². The zero-order chi connectivity index (χ0) is 14.6. The Morgan fingerprint density at radius 1 is 1.14 bits per heavy atom. The number of rotatable bonds is 4. The number of nitrogens with zero attached hydrogens (tertiary/aromatic N) is 1. The Bertz CT molecular complexity index is 361. The van der Waals surface area contributed by atoms with Gasteiger partial charge in [0, 0.05) is 19.2 Å². The molecular formula is C18H31NO2. The van der Waals surface area contributed by atoms with Gasteiger partial charge < -0.3 is 9.84 Å². The van der Waals surface area contributed by atoms with E-state index in [2.05, 4.69) is 18.9 Å². The summed E-state index contributed by atoms with van der Waals surface area (Å²) in [5.74, 6) is 2.76. The van der Waals surface area contributed by atoms with Crippen molar-refractivity contribution in [2.75, 3.05) is 20.2 Å². The minimum absolute atomic E-state index is 0.135. The molecule has 5 aliphatic rings. The van der Waals surface area contributed by atoms with Gasteiger partial charge in [-0.1, -0.05) is 0 Å². The van der Waals surface area contributed by atoms with Crippen molar-refractivity contribution in [3.63, 3.8) is 0 Å². The molecule has 21 heavy (non-hydrogen) atoms. The molecule has 0 spiro atoms. The van der Waals surface area contributed by atoms with E-state index in [0.29, 0.717) is 12.1 Å². The highest BCUT2D eigenvalue weighted by Crippen LogP contribution is 2.61. The van der Waals surface area contributed by atoms with Crippen LogP contribution in [0.3, 0.4) is 0 Å². The Morgan fingerprint density at radius 3 is 2.19 bits per heavy atom. The van der Waals surface area contributed by atoms with Crippen molar-refractivity contribution >= 4 is 0 Å². The second-order valence-corrected chi connectivity index (χ2v) is 8.67. The zero-order valence-electron chi connectivity index (χ0n) is 13.6. The summed E-state index contributed by atoms with van der Waals surface area (Å²) >= 11 is 0. The molecule has 5 fully saturated rings. The molecule has 4 bridgehead atoms. The Kier molecular flexibility index (Phi) is 3.59. The summed E-state index contributed by atoms with van der Waals surface area (Å²) in [4.78, 5) is 2.38. The molecule has 1 saturated heterocycles. The second kappa shape index (κ2) is 5.21. The number of aliphatic hydroxyl groups is 1. The lowest BCUT2D eigenvalue weighted by molar-refractivity contribution is -0.128. The molecule has 0 amide bonds. The molecule has 1 aliphatic heterocycles. The van der Waals surface area contributed by atoms with Crippen molar-refractivity contribution in [3.05, 3.63) is 0 Å². The van der Waals surface area contributed by atoms with Gasteiger partial charge in [0.1, 0.15) is 0 Å². The van der Waals surface area contributed by atoms with Crippen LogP contribution in [0.4, 0.5) is 0 Å². The van der Waals surface area contributed by atoms with E-state index in [1.807, 2.05) is 0 Å². The van der Waals surface area contributed by atoms with Gasteiger partial charge >= 0.3 is 0 Å². The maximum Gasteiger partial charge on any atom is 0.0723 e. The average molecular weight is 293 g/mol. The first-order valence-corrected chi connectivity index (χ1v) is 9.05. The van der Waals surface area contributed by atoms with Crippen molar-refractivity contribution in [1.29, 1.82) is 0 Å². The Hall–Kier alpha value is -0.120. The fourth-order valence-electron chi connectivity index (χ4n) is 6.49. The van der Waals surface area contributed by atoms with Crippen molar-refractivity contribution < 1.29 is 9.84 Å². The van der Waals surface area contributed by atoms with Crippen molar-refractivity contribution in [3.8, 4) is 0 Å². The minimum atomic E-state index is -0.135. The molecule has 3 nitrogen and oxygen atoms in total. The molecular weight excluding hydrogens is 262 g/mol. The fourth-order valence-corrected chi connectivity index (χ4v) is 6.49. The summed E-state index contributed by atoms with van der Waals surface area (Å²) in [5.41, 5.74) is 0.256. The average Bonchev–Trinajstić information content (AvgIpc) is 2.83. The van der Waals surface area contributed by atoms with Crippen LogP contribution in [-0.4, -0.2) is 48.5 Å². The summed E-state index contributed by atoms with van der Waals surface area (Å²) in [7, 11) is 2.18. The number of hydrogen-bond acceptors (Lipinski definition) is 3. The SMILES string of the molecule is CC1OCCC1N(C)CC(O)C12CC3CC(CC(C3)C1)C2. The van der Waals surface area contributed by atoms with E-state index in [9.17, 15) is 5.11 Å². The summed E-state index contributed by atoms with van der Waals surface area (Å²) in [6.45, 7) is 3.89. The molecule has 4 saturated carbocycles. The van der Waals surface area contributed by atoms with Gasteiger partial charge in [0.25, 0.3) is 0 Å². The molecule has 3 heteroatoms. The molecule has 0 radical (unpaired) electrons. The van der Waals surface area contributed by atoms with E-state index >= 15 is 0 Å². The van der Waals surface area contributed by atoms with E-state index in [4.69, 9.17) is 4.74 Å². The maximum atomic E-state index is 11.0. The van der Waals surface area contributed by atoms with Crippen molar-refractivity contribution in [1.82, 2.24) is 4.90 Å². The Morgan fingerprint density at radius 2 is 1.71 bits per heavy atom. The first-order valence-electron chi connectivity index (χ1n) is 9.05. The van der Waals surface area contributed by atoms with Crippen molar-refractivity contribution in [2.24, 2.45) is 23.2 Å². The van der Waals surface area contributed by atoms with E-state index in [-0.39, 0.29) is 11.5 Å². The Balaban J connectivity index is 1.43. The number of likely N-dealkylation sites (N-methyl/N-ethyl adjacent to an activating group) is 1. The largest absolute Gasteiger partial charge is 0.391 e. The van der Waals surface area contributed by atoms with E-state index in [1.165, 1.54) is 38.5 Å². The third kappa shape index (κ3) is 2.46. The second-order valence-electron chi connectivity index (χ2n) is 8.67. The van der Waals surface area contributed by atoms with Crippen LogP contribution in [0.15, 0.2) is 0 Å². The lowest BCUT2D eigenvalue weighted by Gasteiger charge is -2.58. The summed E-state index contributed by atoms with van der Waals surface area (Å²) in [6, 6.07) is 0.494. The van der Waals surface area contributed by atoms with Crippen LogP contribution >= 0.6 is 0 Å². The summed E-state index contributed by atoms with van der Waals surface area (Å²) in [6.07, 6.45) is 9.55. The molecule has 3 unspecified atom stereocenters.